The second-order valence-electron chi connectivity index (χ2n) is 5.22. The molecule has 0 aromatic carbocycles. The maximum atomic E-state index is 12.8. The van der Waals surface area contributed by atoms with Crippen LogP contribution >= 0.6 is 0 Å². The van der Waals surface area contributed by atoms with Crippen molar-refractivity contribution in [1.82, 2.24) is 14.1 Å². The molecule has 0 bridgehead atoms. The smallest absolute Gasteiger partial charge is 0.248 e. The van der Waals surface area contributed by atoms with Gasteiger partial charge in [-0.15, -0.1) is 0 Å². The van der Waals surface area contributed by atoms with E-state index < -0.39 is 10.0 Å². The van der Waals surface area contributed by atoms with E-state index in [4.69, 9.17) is 5.73 Å². The number of aromatic nitrogens is 2. The third-order valence-electron chi connectivity index (χ3n) is 3.90. The summed E-state index contributed by atoms with van der Waals surface area (Å²) in [6.45, 7) is 1.93. The molecule has 1 aromatic rings. The van der Waals surface area contributed by atoms with Crippen molar-refractivity contribution in [3.63, 3.8) is 0 Å². The maximum Gasteiger partial charge on any atom is 0.248 e. The zero-order chi connectivity index (χ0) is 14.9. The number of aliphatic hydroxyl groups is 1. The largest absolute Gasteiger partial charge is 0.395 e. The van der Waals surface area contributed by atoms with Crippen molar-refractivity contribution in [3.8, 4) is 0 Å². The van der Waals surface area contributed by atoms with Crippen LogP contribution in [0.25, 0.3) is 0 Å². The summed E-state index contributed by atoms with van der Waals surface area (Å²) in [5.41, 5.74) is 6.28. The van der Waals surface area contributed by atoms with Crippen molar-refractivity contribution in [2.75, 3.05) is 18.9 Å². The highest BCUT2D eigenvalue weighted by Crippen LogP contribution is 2.29. The number of nitrogens with zero attached hydrogens (tertiary/aromatic N) is 3. The molecule has 8 heteroatoms. The predicted molar refractivity (Wildman–Crippen MR) is 75.6 cm³/mol. The molecule has 2 heterocycles. The summed E-state index contributed by atoms with van der Waals surface area (Å²) in [7, 11) is -2.06. The van der Waals surface area contributed by atoms with Crippen LogP contribution in [-0.2, 0) is 17.1 Å². The molecule has 1 unspecified atom stereocenters. The zero-order valence-corrected chi connectivity index (χ0v) is 12.7. The van der Waals surface area contributed by atoms with E-state index in [9.17, 15) is 13.5 Å². The second kappa shape index (κ2) is 5.71. The highest BCUT2D eigenvalue weighted by Gasteiger charge is 2.36. The molecule has 1 fully saturated rings. The fourth-order valence-electron chi connectivity index (χ4n) is 2.70. The number of anilines is 1. The van der Waals surface area contributed by atoms with Crippen molar-refractivity contribution in [3.05, 3.63) is 5.69 Å². The molecule has 114 valence electrons. The summed E-state index contributed by atoms with van der Waals surface area (Å²) in [6, 6.07) is -0.374. The average Bonchev–Trinajstić information content (AvgIpc) is 2.59. The first-order chi connectivity index (χ1) is 9.39. The van der Waals surface area contributed by atoms with Crippen molar-refractivity contribution in [2.45, 2.75) is 43.5 Å². The molecule has 1 aliphatic rings. The molecule has 1 aromatic heterocycles. The number of aliphatic hydroxyl groups excluding tert-OH is 1. The minimum atomic E-state index is -3.72. The number of sulfonamides is 1. The van der Waals surface area contributed by atoms with Gasteiger partial charge in [0.25, 0.3) is 0 Å². The summed E-state index contributed by atoms with van der Waals surface area (Å²) >= 11 is 0. The third kappa shape index (κ3) is 2.55. The normalized spacial score (nSPS) is 21.9. The molecule has 1 aliphatic heterocycles. The van der Waals surface area contributed by atoms with Crippen LogP contribution in [0.4, 0.5) is 5.82 Å². The Morgan fingerprint density at radius 3 is 2.65 bits per heavy atom. The third-order valence-corrected chi connectivity index (χ3v) is 6.02. The summed E-state index contributed by atoms with van der Waals surface area (Å²) in [5, 5.41) is 13.5. The first-order valence-electron chi connectivity index (χ1n) is 6.81. The number of rotatable bonds is 3. The minimum Gasteiger partial charge on any atom is -0.395 e. The lowest BCUT2D eigenvalue weighted by atomic mass is 10.1. The van der Waals surface area contributed by atoms with Crippen LogP contribution in [0.2, 0.25) is 0 Å². The predicted octanol–water partition coefficient (Wildman–Crippen LogP) is 0.236. The van der Waals surface area contributed by atoms with Gasteiger partial charge >= 0.3 is 0 Å². The Labute approximate surface area is 119 Å². The van der Waals surface area contributed by atoms with Gasteiger partial charge in [-0.05, 0) is 19.8 Å². The Balaban J connectivity index is 2.47. The highest BCUT2D eigenvalue weighted by atomic mass is 32.2. The van der Waals surface area contributed by atoms with Crippen molar-refractivity contribution >= 4 is 15.8 Å². The first-order valence-corrected chi connectivity index (χ1v) is 8.25. The molecule has 7 nitrogen and oxygen atoms in total. The highest BCUT2D eigenvalue weighted by molar-refractivity contribution is 7.89. The molecule has 1 atom stereocenters. The Kier molecular flexibility index (Phi) is 4.36. The number of aryl methyl sites for hydroxylation is 1. The first kappa shape index (κ1) is 15.3. The zero-order valence-electron chi connectivity index (χ0n) is 11.9. The topological polar surface area (TPSA) is 101 Å². The fourth-order valence-corrected chi connectivity index (χ4v) is 4.68. The second-order valence-corrected chi connectivity index (χ2v) is 7.05. The molecule has 0 amide bonds. The number of nitrogens with two attached hydrogens (primary N) is 1. The van der Waals surface area contributed by atoms with Crippen LogP contribution < -0.4 is 5.73 Å². The van der Waals surface area contributed by atoms with Crippen LogP contribution in [0.5, 0.6) is 0 Å². The van der Waals surface area contributed by atoms with Gasteiger partial charge in [0.2, 0.25) is 10.0 Å². The summed E-state index contributed by atoms with van der Waals surface area (Å²) in [6.07, 6.45) is 3.38. The molecular formula is C12H22N4O3S. The van der Waals surface area contributed by atoms with E-state index in [1.807, 2.05) is 0 Å². The van der Waals surface area contributed by atoms with E-state index >= 15 is 0 Å². The number of nitrogen functional groups attached to an aromatic ring is 1. The van der Waals surface area contributed by atoms with Gasteiger partial charge in [0, 0.05) is 19.6 Å². The Morgan fingerprint density at radius 2 is 2.10 bits per heavy atom. The Morgan fingerprint density at radius 1 is 1.40 bits per heavy atom. The summed E-state index contributed by atoms with van der Waals surface area (Å²) in [4.78, 5) is 0.0698. The lowest BCUT2D eigenvalue weighted by molar-refractivity contribution is 0.186. The standard InChI is InChI=1S/C12H22N4O3S/c1-9-11(12(13)14-15(9)2)20(18,19)16-7-5-3-4-6-10(16)8-17/h10,17H,3-8H2,1-2H3,(H2,13,14). The van der Waals surface area contributed by atoms with Gasteiger partial charge in [0.15, 0.2) is 5.82 Å². The van der Waals surface area contributed by atoms with E-state index in [1.54, 1.807) is 14.0 Å². The molecule has 0 radical (unpaired) electrons. The molecule has 0 saturated carbocycles. The Hall–Kier alpha value is -1.12. The van der Waals surface area contributed by atoms with Crippen molar-refractivity contribution in [1.29, 1.82) is 0 Å². The van der Waals surface area contributed by atoms with Gasteiger partial charge in [0.1, 0.15) is 4.90 Å². The van der Waals surface area contributed by atoms with E-state index in [0.717, 1.165) is 19.3 Å². The van der Waals surface area contributed by atoms with Crippen molar-refractivity contribution < 1.29 is 13.5 Å². The van der Waals surface area contributed by atoms with E-state index in [2.05, 4.69) is 5.10 Å². The summed E-state index contributed by atoms with van der Waals surface area (Å²) < 4.78 is 28.5. The molecule has 1 saturated heterocycles. The van der Waals surface area contributed by atoms with Crippen LogP contribution in [-0.4, -0.2) is 46.8 Å². The number of hydrogen-bond acceptors (Lipinski definition) is 5. The summed E-state index contributed by atoms with van der Waals surface area (Å²) in [5.74, 6) is 0.0194. The molecule has 0 aliphatic carbocycles. The van der Waals surface area contributed by atoms with Crippen LogP contribution in [0.1, 0.15) is 31.4 Å². The molecule has 20 heavy (non-hydrogen) atoms. The quantitative estimate of drug-likeness (QED) is 0.832. The molecule has 2 rings (SSSR count). The molecule has 0 spiro atoms. The maximum absolute atomic E-state index is 12.8. The molecular weight excluding hydrogens is 280 g/mol. The van der Waals surface area contributed by atoms with Gasteiger partial charge < -0.3 is 10.8 Å². The minimum absolute atomic E-state index is 0.0194. The monoisotopic (exact) mass is 302 g/mol. The van der Waals surface area contributed by atoms with Crippen LogP contribution in [0, 0.1) is 6.92 Å². The van der Waals surface area contributed by atoms with Gasteiger partial charge in [-0.1, -0.05) is 12.8 Å². The van der Waals surface area contributed by atoms with Crippen molar-refractivity contribution in [2.24, 2.45) is 7.05 Å². The lowest BCUT2D eigenvalue weighted by Crippen LogP contribution is -2.42. The van der Waals surface area contributed by atoms with Gasteiger partial charge in [-0.25, -0.2) is 8.42 Å². The Bertz CT molecular complexity index is 582. The SMILES string of the molecule is Cc1c(S(=O)(=O)N2CCCCCC2CO)c(N)nn1C. The van der Waals surface area contributed by atoms with Gasteiger partial charge in [-0.2, -0.15) is 9.40 Å². The fraction of sp³-hybridized carbons (Fsp3) is 0.750. The number of hydrogen-bond donors (Lipinski definition) is 2. The average molecular weight is 302 g/mol. The van der Waals surface area contributed by atoms with Gasteiger partial charge in [0.05, 0.1) is 12.3 Å². The molecule has 3 N–H and O–H groups in total. The van der Waals surface area contributed by atoms with Gasteiger partial charge in [-0.3, -0.25) is 4.68 Å². The van der Waals surface area contributed by atoms with E-state index in [1.165, 1.54) is 8.99 Å². The van der Waals surface area contributed by atoms with E-state index in [0.29, 0.717) is 18.7 Å². The van der Waals surface area contributed by atoms with Crippen LogP contribution in [0.15, 0.2) is 4.90 Å². The van der Waals surface area contributed by atoms with E-state index in [-0.39, 0.29) is 23.4 Å². The lowest BCUT2D eigenvalue weighted by Gasteiger charge is -2.27. The van der Waals surface area contributed by atoms with Crippen LogP contribution in [0.3, 0.4) is 0 Å².